The number of aliphatic hydroxyl groups is 1. The minimum Gasteiger partial charge on any atom is -0.400 e. The zero-order valence-electron chi connectivity index (χ0n) is 10.8. The van der Waals surface area contributed by atoms with E-state index in [2.05, 4.69) is 6.58 Å². The highest BCUT2D eigenvalue weighted by Gasteiger charge is 1.95. The van der Waals surface area contributed by atoms with E-state index < -0.39 is 0 Å². The molecule has 0 spiro atoms. The van der Waals surface area contributed by atoms with Crippen molar-refractivity contribution in [2.75, 3.05) is 7.11 Å². The molecule has 1 aliphatic rings. The Morgan fingerprint density at radius 1 is 0.846 bits per heavy atom. The Morgan fingerprint density at radius 2 is 0.923 bits per heavy atom. The van der Waals surface area contributed by atoms with Crippen LogP contribution in [0.15, 0.2) is 12.2 Å². The largest absolute Gasteiger partial charge is 0.400 e. The topological polar surface area (TPSA) is 20.2 Å². The Kier molecular flexibility index (Phi) is 72.8. The van der Waals surface area contributed by atoms with Crippen molar-refractivity contribution >= 4 is 0 Å². The summed E-state index contributed by atoms with van der Waals surface area (Å²) in [6.45, 7) is 15.5. The minimum absolute atomic E-state index is 1.00. The third-order valence-electron chi connectivity index (χ3n) is 0.354. The van der Waals surface area contributed by atoms with Crippen LogP contribution in [0.2, 0.25) is 0 Å². The smallest absolute Gasteiger partial charge is 0.0319 e. The molecule has 0 aliphatic heterocycles. The highest BCUT2D eigenvalue weighted by molar-refractivity contribution is 4.78. The molecule has 0 aromatic carbocycles. The molecule has 1 saturated carbocycles. The highest BCUT2D eigenvalue weighted by Crippen LogP contribution is 2.14. The summed E-state index contributed by atoms with van der Waals surface area (Å²) in [5, 5.41) is 7.00. The summed E-state index contributed by atoms with van der Waals surface area (Å²) in [5.41, 5.74) is 1.17. The predicted molar refractivity (Wildman–Crippen MR) is 65.2 cm³/mol. The van der Waals surface area contributed by atoms with Gasteiger partial charge in [0.05, 0.1) is 0 Å². The summed E-state index contributed by atoms with van der Waals surface area (Å²) in [5.74, 6) is 0. The number of aliphatic hydroxyl groups excluding tert-OH is 1. The van der Waals surface area contributed by atoms with Crippen molar-refractivity contribution in [3.63, 3.8) is 0 Å². The number of hydrogen-bond acceptors (Lipinski definition) is 1. The van der Waals surface area contributed by atoms with Crippen molar-refractivity contribution in [3.05, 3.63) is 12.2 Å². The van der Waals surface area contributed by atoms with E-state index in [1.54, 1.807) is 0 Å². The van der Waals surface area contributed by atoms with E-state index in [0.29, 0.717) is 0 Å². The van der Waals surface area contributed by atoms with Crippen LogP contribution in [0.5, 0.6) is 0 Å². The van der Waals surface area contributed by atoms with Gasteiger partial charge >= 0.3 is 0 Å². The van der Waals surface area contributed by atoms with Crippen LogP contribution in [0.4, 0.5) is 0 Å². The van der Waals surface area contributed by atoms with Crippen molar-refractivity contribution in [2.45, 2.75) is 60.8 Å². The second-order valence-corrected chi connectivity index (χ2v) is 2.27. The van der Waals surface area contributed by atoms with Crippen LogP contribution in [0, 0.1) is 0 Å². The van der Waals surface area contributed by atoms with E-state index in [1.807, 2.05) is 41.5 Å². The molecule has 0 saturated heterocycles. The fourth-order valence-electron chi connectivity index (χ4n) is 0. The molecule has 1 heteroatoms. The molecular weight excluding hydrogens is 160 g/mol. The average Bonchev–Trinajstić information content (AvgIpc) is 2.99. The first kappa shape index (κ1) is 23.0. The predicted octanol–water partition coefficient (Wildman–Crippen LogP) is 4.41. The lowest BCUT2D eigenvalue weighted by Gasteiger charge is -1.65. The molecule has 0 atom stereocenters. The maximum atomic E-state index is 7.00. The van der Waals surface area contributed by atoms with Crippen molar-refractivity contribution in [2.24, 2.45) is 0 Å². The van der Waals surface area contributed by atoms with Gasteiger partial charge in [-0.3, -0.25) is 0 Å². The summed E-state index contributed by atoms with van der Waals surface area (Å²) in [6, 6.07) is 0. The molecule has 0 aromatic heterocycles. The SMILES string of the molecule is C1CC1.C=C(C)C.CC.CC.CO. The van der Waals surface area contributed by atoms with E-state index in [1.165, 1.54) is 24.8 Å². The van der Waals surface area contributed by atoms with Crippen LogP contribution in [0.25, 0.3) is 0 Å². The summed E-state index contributed by atoms with van der Waals surface area (Å²) in [7, 11) is 1.00. The van der Waals surface area contributed by atoms with Gasteiger partial charge in [-0.05, 0) is 13.8 Å². The van der Waals surface area contributed by atoms with Gasteiger partial charge in [-0.15, -0.1) is 6.58 Å². The first-order valence-corrected chi connectivity index (χ1v) is 5.30. The first-order chi connectivity index (χ1) is 6.23. The zero-order valence-corrected chi connectivity index (χ0v) is 10.8. The summed E-state index contributed by atoms with van der Waals surface area (Å²) >= 11 is 0. The minimum atomic E-state index is 1.00. The van der Waals surface area contributed by atoms with Crippen LogP contribution in [-0.4, -0.2) is 12.2 Å². The second kappa shape index (κ2) is 41.2. The van der Waals surface area contributed by atoms with Crippen molar-refractivity contribution in [3.8, 4) is 0 Å². The van der Waals surface area contributed by atoms with Gasteiger partial charge in [0.15, 0.2) is 0 Å². The van der Waals surface area contributed by atoms with Gasteiger partial charge in [-0.2, -0.15) is 0 Å². The van der Waals surface area contributed by atoms with Crippen LogP contribution >= 0.6 is 0 Å². The quantitative estimate of drug-likeness (QED) is 0.561. The third-order valence-corrected chi connectivity index (χ3v) is 0.354. The Balaban J connectivity index is -0.0000000408. The van der Waals surface area contributed by atoms with Crippen molar-refractivity contribution in [1.82, 2.24) is 0 Å². The monoisotopic (exact) mass is 190 g/mol. The fourth-order valence-corrected chi connectivity index (χ4v) is 0. The first-order valence-electron chi connectivity index (χ1n) is 5.30. The van der Waals surface area contributed by atoms with Crippen LogP contribution in [0.1, 0.15) is 60.8 Å². The molecule has 0 aromatic rings. The Bertz CT molecular complexity index is 49.4. The van der Waals surface area contributed by atoms with Gasteiger partial charge < -0.3 is 5.11 Å². The molecule has 1 fully saturated rings. The molecule has 0 radical (unpaired) electrons. The van der Waals surface area contributed by atoms with E-state index in [0.717, 1.165) is 7.11 Å². The van der Waals surface area contributed by atoms with E-state index >= 15 is 0 Å². The molecule has 1 rings (SSSR count). The standard InChI is InChI=1S/C4H8.C3H6.2C2H6.CH4O/c1-4(2)3;1-2-3-1;3*1-2/h1H2,2-3H3;1-3H2;2*1-2H3;2H,1H3. The zero-order chi connectivity index (χ0) is 11.7. The summed E-state index contributed by atoms with van der Waals surface area (Å²) in [4.78, 5) is 0. The van der Waals surface area contributed by atoms with Crippen LogP contribution < -0.4 is 0 Å². The van der Waals surface area contributed by atoms with Gasteiger partial charge in [-0.1, -0.05) is 52.5 Å². The molecule has 0 unspecified atom stereocenters. The number of rotatable bonds is 0. The maximum absolute atomic E-state index is 7.00. The van der Waals surface area contributed by atoms with Crippen LogP contribution in [-0.2, 0) is 0 Å². The van der Waals surface area contributed by atoms with Gasteiger partial charge in [0.25, 0.3) is 0 Å². The van der Waals surface area contributed by atoms with E-state index in [9.17, 15) is 0 Å². The normalized spacial score (nSPS) is 8.92. The number of allylic oxidation sites excluding steroid dienone is 1. The fraction of sp³-hybridized carbons (Fsp3) is 0.833. The Labute approximate surface area is 85.9 Å². The number of hydrogen-bond donors (Lipinski definition) is 1. The van der Waals surface area contributed by atoms with Crippen molar-refractivity contribution < 1.29 is 5.11 Å². The van der Waals surface area contributed by atoms with Gasteiger partial charge in [0, 0.05) is 7.11 Å². The van der Waals surface area contributed by atoms with Gasteiger partial charge in [0.1, 0.15) is 0 Å². The molecular formula is C12H30O. The molecule has 13 heavy (non-hydrogen) atoms. The maximum Gasteiger partial charge on any atom is 0.0319 e. The molecule has 0 bridgehead atoms. The Hall–Kier alpha value is -0.300. The van der Waals surface area contributed by atoms with Crippen molar-refractivity contribution in [1.29, 1.82) is 0 Å². The molecule has 1 nitrogen and oxygen atoms in total. The third kappa shape index (κ3) is 2250. The van der Waals surface area contributed by atoms with Crippen LogP contribution in [0.3, 0.4) is 0 Å². The molecule has 84 valence electrons. The lowest BCUT2D eigenvalue weighted by molar-refractivity contribution is 0.399. The molecule has 1 aliphatic carbocycles. The lowest BCUT2D eigenvalue weighted by atomic mass is 10.4. The summed E-state index contributed by atoms with van der Waals surface area (Å²) in [6.07, 6.45) is 4.50. The lowest BCUT2D eigenvalue weighted by Crippen LogP contribution is -1.43. The van der Waals surface area contributed by atoms with Gasteiger partial charge in [0.2, 0.25) is 0 Å². The summed E-state index contributed by atoms with van der Waals surface area (Å²) < 4.78 is 0. The molecule has 0 amide bonds. The molecule has 0 heterocycles. The van der Waals surface area contributed by atoms with E-state index in [-0.39, 0.29) is 0 Å². The van der Waals surface area contributed by atoms with E-state index in [4.69, 9.17) is 5.11 Å². The van der Waals surface area contributed by atoms with Gasteiger partial charge in [-0.25, -0.2) is 0 Å². The Morgan fingerprint density at radius 3 is 0.923 bits per heavy atom. The highest BCUT2D eigenvalue weighted by atomic mass is 16.2. The second-order valence-electron chi connectivity index (χ2n) is 2.27. The molecule has 1 N–H and O–H groups in total. The average molecular weight is 190 g/mol.